The van der Waals surface area contributed by atoms with Crippen LogP contribution in [0.25, 0.3) is 11.8 Å². The number of likely N-dealkylation sites (tertiary alicyclic amines) is 1. The normalized spacial score (nSPS) is 16.1. The molecular formula is C21H24N2O2. The predicted molar refractivity (Wildman–Crippen MR) is 101 cm³/mol. The largest absolute Gasteiger partial charge is 0.337 e. The number of piperidine rings is 1. The van der Waals surface area contributed by atoms with Gasteiger partial charge in [0.05, 0.1) is 0 Å². The van der Waals surface area contributed by atoms with Crippen molar-refractivity contribution in [2.75, 3.05) is 13.1 Å². The van der Waals surface area contributed by atoms with Crippen molar-refractivity contribution < 1.29 is 4.79 Å². The second-order valence-corrected chi connectivity index (χ2v) is 6.82. The summed E-state index contributed by atoms with van der Waals surface area (Å²) in [6.07, 6.45) is 5.48. The van der Waals surface area contributed by atoms with Crippen LogP contribution in [-0.2, 0) is 4.79 Å². The van der Waals surface area contributed by atoms with Crippen LogP contribution >= 0.6 is 0 Å². The van der Waals surface area contributed by atoms with Gasteiger partial charge in [0, 0.05) is 25.4 Å². The standard InChI is InChI=1S/C21H24N2O2/c1-16-6-8-18(9-7-16)15-19(23-12-4-3-5-20(23)24)21(25)22-13-10-17(2)11-14-22/h3-9,12,15,17H,10-11,13-14H2,1-2H3/b19-15+. The third-order valence-corrected chi connectivity index (χ3v) is 4.75. The molecule has 0 unspecified atom stereocenters. The Morgan fingerprint density at radius 2 is 1.76 bits per heavy atom. The molecule has 0 saturated carbocycles. The number of carbonyl (C=O) groups is 1. The minimum Gasteiger partial charge on any atom is -0.337 e. The number of carbonyl (C=O) groups excluding carboxylic acids is 1. The van der Waals surface area contributed by atoms with Crippen molar-refractivity contribution in [3.8, 4) is 0 Å². The molecule has 130 valence electrons. The molecule has 1 amide bonds. The molecule has 0 aliphatic carbocycles. The molecule has 0 radical (unpaired) electrons. The van der Waals surface area contributed by atoms with Crippen molar-refractivity contribution in [1.29, 1.82) is 0 Å². The molecule has 1 aromatic carbocycles. The van der Waals surface area contributed by atoms with E-state index < -0.39 is 0 Å². The molecular weight excluding hydrogens is 312 g/mol. The van der Waals surface area contributed by atoms with E-state index in [1.54, 1.807) is 24.4 Å². The van der Waals surface area contributed by atoms with Gasteiger partial charge in [0.15, 0.2) is 0 Å². The summed E-state index contributed by atoms with van der Waals surface area (Å²) < 4.78 is 1.44. The molecule has 1 fully saturated rings. The van der Waals surface area contributed by atoms with Crippen LogP contribution in [0.1, 0.15) is 30.9 Å². The van der Waals surface area contributed by atoms with Gasteiger partial charge in [0.1, 0.15) is 5.70 Å². The minimum atomic E-state index is -0.195. The Morgan fingerprint density at radius 3 is 2.40 bits per heavy atom. The van der Waals surface area contributed by atoms with Crippen LogP contribution in [0.3, 0.4) is 0 Å². The Labute approximate surface area is 148 Å². The predicted octanol–water partition coefficient (Wildman–Crippen LogP) is 3.41. The van der Waals surface area contributed by atoms with Crippen LogP contribution in [0.5, 0.6) is 0 Å². The summed E-state index contributed by atoms with van der Waals surface area (Å²) in [7, 11) is 0. The Bertz CT molecular complexity index is 825. The zero-order valence-electron chi connectivity index (χ0n) is 14.8. The Balaban J connectivity index is 2.00. The van der Waals surface area contributed by atoms with E-state index in [1.807, 2.05) is 36.1 Å². The molecule has 25 heavy (non-hydrogen) atoms. The van der Waals surface area contributed by atoms with E-state index in [0.29, 0.717) is 11.6 Å². The summed E-state index contributed by atoms with van der Waals surface area (Å²) in [6.45, 7) is 5.72. The second kappa shape index (κ2) is 7.51. The SMILES string of the molecule is Cc1ccc(/C=C(\C(=O)N2CCC(C)CC2)n2ccccc2=O)cc1. The van der Waals surface area contributed by atoms with Gasteiger partial charge in [-0.2, -0.15) is 0 Å². The zero-order chi connectivity index (χ0) is 17.8. The zero-order valence-corrected chi connectivity index (χ0v) is 14.8. The lowest BCUT2D eigenvalue weighted by Gasteiger charge is -2.31. The third kappa shape index (κ3) is 4.08. The first-order valence-corrected chi connectivity index (χ1v) is 8.80. The number of nitrogens with zero attached hydrogens (tertiary/aromatic N) is 2. The molecule has 1 aromatic heterocycles. The highest BCUT2D eigenvalue weighted by atomic mass is 16.2. The van der Waals surface area contributed by atoms with Gasteiger partial charge in [-0.15, -0.1) is 0 Å². The number of rotatable bonds is 3. The number of benzene rings is 1. The van der Waals surface area contributed by atoms with Gasteiger partial charge < -0.3 is 4.90 Å². The van der Waals surface area contributed by atoms with Crippen molar-refractivity contribution in [2.45, 2.75) is 26.7 Å². The highest BCUT2D eigenvalue weighted by molar-refractivity contribution is 6.18. The van der Waals surface area contributed by atoms with Crippen molar-refractivity contribution in [3.05, 3.63) is 70.1 Å². The summed E-state index contributed by atoms with van der Waals surface area (Å²) in [5, 5.41) is 0. The van der Waals surface area contributed by atoms with Gasteiger partial charge in [-0.05, 0) is 43.4 Å². The van der Waals surface area contributed by atoms with Gasteiger partial charge in [-0.1, -0.05) is 42.8 Å². The van der Waals surface area contributed by atoms with Gasteiger partial charge in [-0.3, -0.25) is 14.2 Å². The Hall–Kier alpha value is -2.62. The lowest BCUT2D eigenvalue weighted by molar-refractivity contribution is -0.126. The van der Waals surface area contributed by atoms with E-state index >= 15 is 0 Å². The molecule has 0 bridgehead atoms. The minimum absolute atomic E-state index is 0.0826. The molecule has 1 aliphatic rings. The summed E-state index contributed by atoms with van der Waals surface area (Å²) in [6, 6.07) is 12.9. The quantitative estimate of drug-likeness (QED) is 0.806. The number of pyridine rings is 1. The van der Waals surface area contributed by atoms with Crippen LogP contribution in [0.4, 0.5) is 0 Å². The second-order valence-electron chi connectivity index (χ2n) is 6.82. The molecule has 0 spiro atoms. The molecule has 3 rings (SSSR count). The maximum Gasteiger partial charge on any atom is 0.270 e. The first kappa shape index (κ1) is 17.2. The van der Waals surface area contributed by atoms with Crippen LogP contribution in [0, 0.1) is 12.8 Å². The first-order chi connectivity index (χ1) is 12.0. The van der Waals surface area contributed by atoms with Crippen LogP contribution in [-0.4, -0.2) is 28.5 Å². The smallest absolute Gasteiger partial charge is 0.270 e. The fourth-order valence-corrected chi connectivity index (χ4v) is 3.05. The van der Waals surface area contributed by atoms with Gasteiger partial charge in [0.2, 0.25) is 0 Å². The number of amides is 1. The summed E-state index contributed by atoms with van der Waals surface area (Å²) in [4.78, 5) is 27.3. The van der Waals surface area contributed by atoms with E-state index in [0.717, 1.165) is 37.1 Å². The number of hydrogen-bond acceptors (Lipinski definition) is 2. The van der Waals surface area contributed by atoms with Gasteiger partial charge in [0.25, 0.3) is 11.5 Å². The highest BCUT2D eigenvalue weighted by Crippen LogP contribution is 2.20. The molecule has 4 heteroatoms. The van der Waals surface area contributed by atoms with Crippen molar-refractivity contribution >= 4 is 17.7 Å². The maximum atomic E-state index is 13.1. The summed E-state index contributed by atoms with van der Waals surface area (Å²) >= 11 is 0. The lowest BCUT2D eigenvalue weighted by atomic mass is 9.99. The molecule has 2 aromatic rings. The van der Waals surface area contributed by atoms with Crippen molar-refractivity contribution in [1.82, 2.24) is 9.47 Å². The summed E-state index contributed by atoms with van der Waals surface area (Å²) in [5.41, 5.74) is 2.28. The molecule has 1 saturated heterocycles. The topological polar surface area (TPSA) is 42.3 Å². The van der Waals surface area contributed by atoms with E-state index in [9.17, 15) is 9.59 Å². The van der Waals surface area contributed by atoms with Crippen molar-refractivity contribution in [3.63, 3.8) is 0 Å². The number of aromatic nitrogens is 1. The van der Waals surface area contributed by atoms with Gasteiger partial charge >= 0.3 is 0 Å². The number of hydrogen-bond donors (Lipinski definition) is 0. The Morgan fingerprint density at radius 1 is 1.08 bits per heavy atom. The van der Waals surface area contributed by atoms with E-state index in [1.165, 1.54) is 10.6 Å². The number of aryl methyl sites for hydroxylation is 1. The van der Waals surface area contributed by atoms with Crippen molar-refractivity contribution in [2.24, 2.45) is 5.92 Å². The molecule has 1 aliphatic heterocycles. The first-order valence-electron chi connectivity index (χ1n) is 8.80. The molecule has 2 heterocycles. The van der Waals surface area contributed by atoms with Crippen LogP contribution in [0.15, 0.2) is 53.5 Å². The Kier molecular flexibility index (Phi) is 5.17. The third-order valence-electron chi connectivity index (χ3n) is 4.75. The highest BCUT2D eigenvalue weighted by Gasteiger charge is 2.24. The monoisotopic (exact) mass is 336 g/mol. The lowest BCUT2D eigenvalue weighted by Crippen LogP contribution is -2.40. The van der Waals surface area contributed by atoms with Crippen LogP contribution < -0.4 is 5.56 Å². The summed E-state index contributed by atoms with van der Waals surface area (Å²) in [5.74, 6) is 0.564. The molecule has 0 atom stereocenters. The van der Waals surface area contributed by atoms with E-state index in [-0.39, 0.29) is 11.5 Å². The van der Waals surface area contributed by atoms with Gasteiger partial charge in [-0.25, -0.2) is 0 Å². The fraction of sp³-hybridized carbons (Fsp3) is 0.333. The van der Waals surface area contributed by atoms with E-state index in [2.05, 4.69) is 6.92 Å². The average molecular weight is 336 g/mol. The maximum absolute atomic E-state index is 13.1. The molecule has 4 nitrogen and oxygen atoms in total. The average Bonchev–Trinajstić information content (AvgIpc) is 2.62. The molecule has 0 N–H and O–H groups in total. The fourth-order valence-electron chi connectivity index (χ4n) is 3.05. The van der Waals surface area contributed by atoms with Crippen LogP contribution in [0.2, 0.25) is 0 Å². The van der Waals surface area contributed by atoms with E-state index in [4.69, 9.17) is 0 Å².